The fourth-order valence-electron chi connectivity index (χ4n) is 9.49. The van der Waals surface area contributed by atoms with Crippen LogP contribution in [0.3, 0.4) is 0 Å². The summed E-state index contributed by atoms with van der Waals surface area (Å²) in [5, 5.41) is 0. The molecule has 4 bridgehead atoms. The third-order valence-electron chi connectivity index (χ3n) is 11.3. The van der Waals surface area contributed by atoms with Gasteiger partial charge >= 0.3 is 0 Å². The second-order valence-corrected chi connectivity index (χ2v) is 14.0. The van der Waals surface area contributed by atoms with E-state index >= 15 is 0 Å². The Morgan fingerprint density at radius 2 is 0.812 bits per heavy atom. The molecule has 48 heavy (non-hydrogen) atoms. The van der Waals surface area contributed by atoms with Gasteiger partial charge in [0, 0.05) is 41.3 Å². The van der Waals surface area contributed by atoms with Crippen LogP contribution in [0.25, 0.3) is 12.2 Å². The minimum atomic E-state index is 0.117. The van der Waals surface area contributed by atoms with Crippen molar-refractivity contribution in [2.24, 2.45) is 0 Å². The zero-order valence-electron chi connectivity index (χ0n) is 27.4. The first-order chi connectivity index (χ1) is 23.7. The third-order valence-corrected chi connectivity index (χ3v) is 11.3. The quantitative estimate of drug-likeness (QED) is 0.172. The van der Waals surface area contributed by atoms with Crippen molar-refractivity contribution in [3.63, 3.8) is 0 Å². The fourth-order valence-corrected chi connectivity index (χ4v) is 9.49. The van der Waals surface area contributed by atoms with Crippen LogP contribution >= 0.6 is 0 Å². The lowest BCUT2D eigenvalue weighted by Gasteiger charge is -2.49. The number of nitrogens with zero attached hydrogens (tertiary/aromatic N) is 1. The van der Waals surface area contributed by atoms with Crippen molar-refractivity contribution >= 4 is 12.2 Å². The summed E-state index contributed by atoms with van der Waals surface area (Å²) in [7, 11) is 4.27. The van der Waals surface area contributed by atoms with Crippen molar-refractivity contribution in [2.45, 2.75) is 23.7 Å². The highest BCUT2D eigenvalue weighted by Crippen LogP contribution is 2.66. The van der Waals surface area contributed by atoms with Gasteiger partial charge in [-0.3, -0.25) is 0 Å². The van der Waals surface area contributed by atoms with Crippen LogP contribution in [0, 0.1) is 0 Å². The van der Waals surface area contributed by atoms with E-state index in [2.05, 4.69) is 159 Å². The molecule has 0 heterocycles. The Bertz CT molecular complexity index is 2060. The molecular weight excluding hydrogens is 583 g/mol. The molecule has 6 aliphatic rings. The minimum absolute atomic E-state index is 0.117. The molecule has 2 nitrogen and oxygen atoms in total. The second-order valence-electron chi connectivity index (χ2n) is 14.0. The van der Waals surface area contributed by atoms with Crippen LogP contribution in [0.15, 0.2) is 127 Å². The van der Waals surface area contributed by atoms with Gasteiger partial charge in [0.15, 0.2) is 0 Å². The summed E-state index contributed by atoms with van der Waals surface area (Å²) in [5.41, 5.74) is 19.7. The van der Waals surface area contributed by atoms with E-state index < -0.39 is 0 Å². The van der Waals surface area contributed by atoms with Gasteiger partial charge in [0.25, 0.3) is 0 Å². The summed E-state index contributed by atoms with van der Waals surface area (Å²) in [4.78, 5) is 2.23. The molecule has 0 N–H and O–H groups in total. The lowest BCUT2D eigenvalue weighted by atomic mass is 9.54. The summed E-state index contributed by atoms with van der Waals surface area (Å²) in [6.07, 6.45) is 4.79. The summed E-state index contributed by atoms with van der Waals surface area (Å²) < 4.78 is 7.23. The Kier molecular flexibility index (Phi) is 6.20. The topological polar surface area (TPSA) is 12.5 Å². The number of likely N-dealkylation sites (N-methyl/N-ethyl adjacent to an activating group) is 1. The highest BCUT2D eigenvalue weighted by Gasteiger charge is 2.50. The molecule has 0 unspecified atom stereocenters. The van der Waals surface area contributed by atoms with Crippen LogP contribution in [0.5, 0.6) is 5.75 Å². The Morgan fingerprint density at radius 1 is 0.458 bits per heavy atom. The second kappa shape index (κ2) is 10.7. The highest BCUT2D eigenvalue weighted by molar-refractivity contribution is 5.86. The zero-order chi connectivity index (χ0) is 31.9. The number of rotatable bonds is 6. The monoisotopic (exact) mass is 619 g/mol. The maximum Gasteiger partial charge on any atom is 0.128 e. The molecule has 0 radical (unpaired) electrons. The van der Waals surface area contributed by atoms with E-state index in [1.54, 1.807) is 0 Å². The SMILES string of the molecule is CN(C)CCOc1c2c(c(/C=C\c3ccccc3)c3c1C1c4ccccc4C3c3ccccc31)C1c3ccccc3C2c2ccccc21. The van der Waals surface area contributed by atoms with Gasteiger partial charge in [-0.1, -0.05) is 140 Å². The largest absolute Gasteiger partial charge is 0.492 e. The average Bonchev–Trinajstić information content (AvgIpc) is 3.14. The molecule has 2 heteroatoms. The molecule has 0 spiro atoms. The van der Waals surface area contributed by atoms with Crippen LogP contribution in [0.1, 0.15) is 102 Å². The number of hydrogen-bond donors (Lipinski definition) is 0. The molecule has 6 aliphatic carbocycles. The highest BCUT2D eigenvalue weighted by atomic mass is 16.5. The maximum absolute atomic E-state index is 7.23. The van der Waals surface area contributed by atoms with E-state index in [1.165, 1.54) is 77.9 Å². The fraction of sp³-hybridized carbons (Fsp3) is 0.174. The normalized spacial score (nSPS) is 20.1. The molecule has 0 amide bonds. The number of benzene rings is 6. The average molecular weight is 620 g/mol. The molecule has 0 fully saturated rings. The molecule has 0 saturated heterocycles. The van der Waals surface area contributed by atoms with Crippen molar-refractivity contribution in [1.82, 2.24) is 4.90 Å². The predicted molar refractivity (Wildman–Crippen MR) is 195 cm³/mol. The molecule has 232 valence electrons. The Labute approximate surface area is 283 Å². The molecule has 12 rings (SSSR count). The summed E-state index contributed by atoms with van der Waals surface area (Å²) in [6.45, 7) is 1.51. The maximum atomic E-state index is 7.23. The van der Waals surface area contributed by atoms with Crippen molar-refractivity contribution < 1.29 is 4.74 Å². The first-order valence-electron chi connectivity index (χ1n) is 17.3. The third kappa shape index (κ3) is 3.84. The zero-order valence-corrected chi connectivity index (χ0v) is 27.4. The number of hydrogen-bond acceptors (Lipinski definition) is 2. The molecular formula is C46H37NO. The Balaban J connectivity index is 1.35. The van der Waals surface area contributed by atoms with Gasteiger partial charge in [-0.2, -0.15) is 0 Å². The standard InChI is InChI=1S/C46H37NO/c1-47(2)26-27-48-46-44-40-33-20-10-6-16-29(33)38(30-17-7-11-21-34(30)40)42(44)37(25-24-28-14-4-3-5-15-28)43-39-31-18-8-12-22-35(31)41(45(43)46)36-23-13-9-19-32(36)39/h3-25,38-41H,26-27H2,1-2H3/b25-24-. The molecule has 0 aromatic heterocycles. The van der Waals surface area contributed by atoms with Crippen LogP contribution in [-0.2, 0) is 0 Å². The minimum Gasteiger partial charge on any atom is -0.492 e. The van der Waals surface area contributed by atoms with Crippen molar-refractivity contribution in [3.8, 4) is 5.75 Å². The molecule has 6 aromatic rings. The smallest absolute Gasteiger partial charge is 0.128 e. The van der Waals surface area contributed by atoms with E-state index in [1.807, 2.05) is 0 Å². The van der Waals surface area contributed by atoms with E-state index in [-0.39, 0.29) is 23.7 Å². The van der Waals surface area contributed by atoms with Crippen LogP contribution < -0.4 is 4.74 Å². The molecule has 0 saturated carbocycles. The van der Waals surface area contributed by atoms with Gasteiger partial charge < -0.3 is 9.64 Å². The van der Waals surface area contributed by atoms with E-state index in [0.717, 1.165) is 12.3 Å². The summed E-state index contributed by atoms with van der Waals surface area (Å²) >= 11 is 0. The van der Waals surface area contributed by atoms with E-state index in [0.29, 0.717) is 6.61 Å². The van der Waals surface area contributed by atoms with Gasteiger partial charge in [-0.05, 0) is 80.9 Å². The lowest BCUT2D eigenvalue weighted by Crippen LogP contribution is -2.34. The van der Waals surface area contributed by atoms with Crippen molar-refractivity contribution in [1.29, 1.82) is 0 Å². The lowest BCUT2D eigenvalue weighted by molar-refractivity contribution is 0.255. The first kappa shape index (κ1) is 27.9. The van der Waals surface area contributed by atoms with Gasteiger partial charge in [0.1, 0.15) is 12.4 Å². The van der Waals surface area contributed by atoms with Crippen LogP contribution in [0.4, 0.5) is 0 Å². The molecule has 0 atom stereocenters. The van der Waals surface area contributed by atoms with Gasteiger partial charge in [0.2, 0.25) is 0 Å². The van der Waals surface area contributed by atoms with Gasteiger partial charge in [0.05, 0.1) is 0 Å². The Hall–Kier alpha value is -5.18. The van der Waals surface area contributed by atoms with Crippen LogP contribution in [0.2, 0.25) is 0 Å². The van der Waals surface area contributed by atoms with E-state index in [9.17, 15) is 0 Å². The first-order valence-corrected chi connectivity index (χ1v) is 17.3. The summed E-state index contributed by atoms with van der Waals surface area (Å²) in [6, 6.07) is 47.5. The van der Waals surface area contributed by atoms with Crippen molar-refractivity contribution in [2.75, 3.05) is 27.2 Å². The van der Waals surface area contributed by atoms with Gasteiger partial charge in [-0.25, -0.2) is 0 Å². The number of ether oxygens (including phenoxy) is 1. The van der Waals surface area contributed by atoms with Crippen LogP contribution in [-0.4, -0.2) is 32.1 Å². The Morgan fingerprint density at radius 3 is 1.19 bits per heavy atom. The predicted octanol–water partition coefficient (Wildman–Crippen LogP) is 9.77. The van der Waals surface area contributed by atoms with E-state index in [4.69, 9.17) is 4.74 Å². The molecule has 6 aromatic carbocycles. The van der Waals surface area contributed by atoms with Gasteiger partial charge in [-0.15, -0.1) is 0 Å². The van der Waals surface area contributed by atoms with Crippen molar-refractivity contribution in [3.05, 3.63) is 205 Å². The summed E-state index contributed by atoms with van der Waals surface area (Å²) in [5.74, 6) is 1.64. The molecule has 0 aliphatic heterocycles.